The number of thiophene rings is 1. The first kappa shape index (κ1) is 30.4. The quantitative estimate of drug-likeness (QED) is 0.421. The fourth-order valence-corrected chi connectivity index (χ4v) is 7.49. The zero-order chi connectivity index (χ0) is 29.1. The molecule has 3 heterocycles. The van der Waals surface area contributed by atoms with Crippen LogP contribution in [0, 0.1) is 0 Å². The van der Waals surface area contributed by atoms with E-state index in [-0.39, 0.29) is 24.0 Å². The van der Waals surface area contributed by atoms with Crippen molar-refractivity contribution in [3.8, 4) is 0 Å². The van der Waals surface area contributed by atoms with E-state index in [9.17, 15) is 22.8 Å². The summed E-state index contributed by atoms with van der Waals surface area (Å²) in [6.07, 6.45) is 1.59. The van der Waals surface area contributed by atoms with Gasteiger partial charge in [-0.1, -0.05) is 24.6 Å². The third-order valence-electron chi connectivity index (χ3n) is 7.19. The summed E-state index contributed by atoms with van der Waals surface area (Å²) >= 11 is 7.03. The van der Waals surface area contributed by atoms with Crippen LogP contribution < -0.4 is 14.9 Å². The Morgan fingerprint density at radius 2 is 2.02 bits per heavy atom. The molecule has 2 aromatic rings. The van der Waals surface area contributed by atoms with Crippen molar-refractivity contribution in [1.29, 1.82) is 0 Å². The van der Waals surface area contributed by atoms with Gasteiger partial charge in [-0.05, 0) is 56.0 Å². The molecule has 0 radical (unpaired) electrons. The molecule has 0 spiro atoms. The molecule has 11 nitrogen and oxygen atoms in total. The first-order valence-electron chi connectivity index (χ1n) is 12.9. The lowest BCUT2D eigenvalue weighted by molar-refractivity contribution is -0.156. The van der Waals surface area contributed by atoms with Crippen LogP contribution in [0.5, 0.6) is 0 Å². The minimum absolute atomic E-state index is 0.0446. The number of anilines is 1. The smallest absolute Gasteiger partial charge is 0.261 e. The molecule has 2 saturated heterocycles. The molecule has 2 N–H and O–H groups in total. The SMILES string of the molecule is CCc1c(N2CCOCC2=O)cccc1S(=O)(=O)N[C@@H](CNC(=O)c1ccc(Cl)s1)C(=O)N1CCC[C@@]1(C)OC. The Hall–Kier alpha value is -2.55. The van der Waals surface area contributed by atoms with Crippen LogP contribution in [0.25, 0.3) is 0 Å². The number of benzene rings is 1. The lowest BCUT2D eigenvalue weighted by atomic mass is 10.1. The molecule has 1 aromatic carbocycles. The maximum Gasteiger partial charge on any atom is 0.261 e. The Labute approximate surface area is 242 Å². The molecule has 1 aromatic heterocycles. The number of hydrogen-bond acceptors (Lipinski definition) is 8. The van der Waals surface area contributed by atoms with E-state index in [0.29, 0.717) is 59.4 Å². The largest absolute Gasteiger partial charge is 0.370 e. The Kier molecular flexibility index (Phi) is 9.53. The zero-order valence-corrected chi connectivity index (χ0v) is 25.0. The van der Waals surface area contributed by atoms with E-state index < -0.39 is 33.6 Å². The summed E-state index contributed by atoms with van der Waals surface area (Å²) in [4.78, 5) is 42.3. The highest BCUT2D eigenvalue weighted by atomic mass is 35.5. The highest BCUT2D eigenvalue weighted by molar-refractivity contribution is 7.89. The predicted molar refractivity (Wildman–Crippen MR) is 151 cm³/mol. The van der Waals surface area contributed by atoms with E-state index in [4.69, 9.17) is 21.1 Å². The van der Waals surface area contributed by atoms with Gasteiger partial charge in [-0.15, -0.1) is 11.3 Å². The van der Waals surface area contributed by atoms with Gasteiger partial charge in [0.25, 0.3) is 11.8 Å². The summed E-state index contributed by atoms with van der Waals surface area (Å²) in [5, 5.41) is 2.66. The number of amides is 3. The molecular weight excluding hydrogens is 580 g/mol. The second-order valence-electron chi connectivity index (χ2n) is 9.67. The number of nitrogens with zero attached hydrogens (tertiary/aromatic N) is 2. The van der Waals surface area contributed by atoms with Gasteiger partial charge in [-0.25, -0.2) is 8.42 Å². The zero-order valence-electron chi connectivity index (χ0n) is 22.6. The summed E-state index contributed by atoms with van der Waals surface area (Å²) in [7, 11) is -2.79. The van der Waals surface area contributed by atoms with Crippen LogP contribution in [0.3, 0.4) is 0 Å². The van der Waals surface area contributed by atoms with E-state index >= 15 is 0 Å². The van der Waals surface area contributed by atoms with Crippen LogP contribution in [0.15, 0.2) is 35.2 Å². The summed E-state index contributed by atoms with van der Waals surface area (Å²) in [5.74, 6) is -1.26. The topological polar surface area (TPSA) is 134 Å². The second kappa shape index (κ2) is 12.5. The molecular formula is C26H33ClN4O7S2. The van der Waals surface area contributed by atoms with Gasteiger partial charge in [0, 0.05) is 32.4 Å². The van der Waals surface area contributed by atoms with Crippen molar-refractivity contribution < 1.29 is 32.3 Å². The van der Waals surface area contributed by atoms with Gasteiger partial charge in [-0.2, -0.15) is 4.72 Å². The highest BCUT2D eigenvalue weighted by Crippen LogP contribution is 2.32. The minimum atomic E-state index is -4.29. The van der Waals surface area contributed by atoms with E-state index in [1.165, 1.54) is 23.0 Å². The number of sulfonamides is 1. The normalized spacial score (nSPS) is 20.6. The predicted octanol–water partition coefficient (Wildman–Crippen LogP) is 2.39. The molecule has 0 saturated carbocycles. The standard InChI is InChI=1S/C26H33ClN4O7S2/c1-4-17-19(30-13-14-38-16-23(30)32)7-5-8-21(17)40(35,36)29-18(15-28-24(33)20-9-10-22(27)39-20)25(34)31-12-6-11-26(31,2)37-3/h5,7-10,18,29H,4,6,11-16H2,1-3H3,(H,28,33)/t18-,26+/m0/s1. The fourth-order valence-electron chi connectivity index (χ4n) is 5.02. The average Bonchev–Trinajstić information content (AvgIpc) is 3.56. The van der Waals surface area contributed by atoms with E-state index in [1.807, 2.05) is 0 Å². The molecule has 2 aliphatic rings. The summed E-state index contributed by atoms with van der Waals surface area (Å²) < 4.78 is 41.5. The van der Waals surface area contributed by atoms with Crippen molar-refractivity contribution in [3.63, 3.8) is 0 Å². The molecule has 2 atom stereocenters. The first-order valence-corrected chi connectivity index (χ1v) is 15.6. The van der Waals surface area contributed by atoms with Crippen molar-refractivity contribution in [2.45, 2.75) is 49.8 Å². The van der Waals surface area contributed by atoms with Crippen LogP contribution in [-0.4, -0.2) is 82.8 Å². The van der Waals surface area contributed by atoms with E-state index in [0.717, 1.165) is 11.3 Å². The van der Waals surface area contributed by atoms with Crippen molar-refractivity contribution in [2.75, 3.05) is 44.9 Å². The molecule has 3 amide bonds. The molecule has 4 rings (SSSR count). The van der Waals surface area contributed by atoms with Crippen LogP contribution in [0.2, 0.25) is 4.34 Å². The number of hydrogen-bond donors (Lipinski definition) is 2. The summed E-state index contributed by atoms with van der Waals surface area (Å²) in [6.45, 7) is 4.20. The van der Waals surface area contributed by atoms with Gasteiger partial charge < -0.3 is 24.6 Å². The van der Waals surface area contributed by atoms with Crippen molar-refractivity contribution in [2.24, 2.45) is 0 Å². The van der Waals surface area contributed by atoms with Crippen LogP contribution in [0.1, 0.15) is 41.9 Å². The third-order valence-corrected chi connectivity index (χ3v) is 9.97. The van der Waals surface area contributed by atoms with Gasteiger partial charge in [0.05, 0.1) is 20.7 Å². The number of carbonyl (C=O) groups excluding carboxylic acids is 3. The maximum atomic E-state index is 13.8. The van der Waals surface area contributed by atoms with Gasteiger partial charge in [0.1, 0.15) is 18.4 Å². The number of rotatable bonds is 10. The first-order chi connectivity index (χ1) is 19.0. The minimum Gasteiger partial charge on any atom is -0.370 e. The van der Waals surface area contributed by atoms with E-state index in [1.54, 1.807) is 38.1 Å². The number of nitrogens with one attached hydrogen (secondary N) is 2. The Bertz CT molecular complexity index is 1380. The molecule has 2 aliphatic heterocycles. The van der Waals surface area contributed by atoms with Gasteiger partial charge in [0.15, 0.2) is 0 Å². The molecule has 0 aliphatic carbocycles. The highest BCUT2D eigenvalue weighted by Gasteiger charge is 2.43. The molecule has 218 valence electrons. The summed E-state index contributed by atoms with van der Waals surface area (Å²) in [6, 6.07) is 6.52. The molecule has 2 fully saturated rings. The number of morpholine rings is 1. The van der Waals surface area contributed by atoms with Crippen molar-refractivity contribution in [3.05, 3.63) is 45.1 Å². The number of likely N-dealkylation sites (tertiary alicyclic amines) is 1. The molecule has 0 bridgehead atoms. The van der Waals surface area contributed by atoms with Crippen LogP contribution >= 0.6 is 22.9 Å². The molecule has 14 heteroatoms. The lowest BCUT2D eigenvalue weighted by Gasteiger charge is -2.36. The number of halogens is 1. The lowest BCUT2D eigenvalue weighted by Crippen LogP contribution is -2.57. The van der Waals surface area contributed by atoms with Gasteiger partial charge >= 0.3 is 0 Å². The maximum absolute atomic E-state index is 13.8. The Balaban J connectivity index is 1.65. The number of carbonyl (C=O) groups is 3. The monoisotopic (exact) mass is 612 g/mol. The third kappa shape index (κ3) is 6.34. The number of methoxy groups -OCH3 is 1. The van der Waals surface area contributed by atoms with Crippen molar-refractivity contribution in [1.82, 2.24) is 14.9 Å². The molecule has 40 heavy (non-hydrogen) atoms. The summed E-state index contributed by atoms with van der Waals surface area (Å²) in [5.41, 5.74) is 0.0181. The van der Waals surface area contributed by atoms with Crippen LogP contribution in [0.4, 0.5) is 5.69 Å². The van der Waals surface area contributed by atoms with Gasteiger partial charge in [0.2, 0.25) is 15.9 Å². The van der Waals surface area contributed by atoms with Crippen LogP contribution in [-0.2, 0) is 35.5 Å². The number of ether oxygens (including phenoxy) is 2. The van der Waals surface area contributed by atoms with Crippen molar-refractivity contribution >= 4 is 56.4 Å². The second-order valence-corrected chi connectivity index (χ2v) is 13.1. The fraction of sp³-hybridized carbons (Fsp3) is 0.500. The Morgan fingerprint density at radius 1 is 1.25 bits per heavy atom. The Morgan fingerprint density at radius 3 is 2.67 bits per heavy atom. The average molecular weight is 613 g/mol. The van der Waals surface area contributed by atoms with Gasteiger partial charge in [-0.3, -0.25) is 14.4 Å². The van der Waals surface area contributed by atoms with E-state index in [2.05, 4.69) is 10.0 Å². The molecule has 0 unspecified atom stereocenters.